The molecule has 7 nitrogen and oxygen atoms in total. The molecule has 1 aromatic heterocycles. The molecule has 1 saturated heterocycles. The third-order valence-corrected chi connectivity index (χ3v) is 9.78. The van der Waals surface area contributed by atoms with Crippen molar-refractivity contribution in [3.05, 3.63) is 110 Å². The Balaban J connectivity index is 1.42. The van der Waals surface area contributed by atoms with E-state index in [2.05, 4.69) is 21.2 Å². The Bertz CT molecular complexity index is 1600. The minimum atomic E-state index is -0.721. The van der Waals surface area contributed by atoms with E-state index in [1.165, 1.54) is 21.2 Å². The van der Waals surface area contributed by atoms with E-state index in [9.17, 15) is 19.2 Å². The van der Waals surface area contributed by atoms with Gasteiger partial charge in [0.1, 0.15) is 11.8 Å². The van der Waals surface area contributed by atoms with Gasteiger partial charge in [0.2, 0.25) is 17.7 Å². The largest absolute Gasteiger partial charge is 0.325 e. The van der Waals surface area contributed by atoms with Crippen molar-refractivity contribution in [3.63, 3.8) is 0 Å². The molecule has 0 unspecified atom stereocenters. The lowest BCUT2D eigenvalue weighted by atomic mass is 9.83. The van der Waals surface area contributed by atoms with Gasteiger partial charge in [0.25, 0.3) is 0 Å². The number of thiazole rings is 1. The molecular formula is C28H20BrN3O4S2. The van der Waals surface area contributed by atoms with Crippen LogP contribution in [-0.4, -0.2) is 27.5 Å². The predicted molar refractivity (Wildman–Crippen MR) is 152 cm³/mol. The van der Waals surface area contributed by atoms with E-state index < -0.39 is 17.1 Å². The Labute approximate surface area is 234 Å². The molecule has 1 N–H and O–H groups in total. The number of fused-ring (bicyclic) bond motifs is 2. The molecule has 2 aliphatic rings. The molecule has 10 heteroatoms. The number of carbonyl (C=O) groups excluding carboxylic acids is 3. The van der Waals surface area contributed by atoms with Crippen molar-refractivity contribution in [1.29, 1.82) is 0 Å². The summed E-state index contributed by atoms with van der Waals surface area (Å²) < 4.78 is 2.31. The van der Waals surface area contributed by atoms with Crippen molar-refractivity contribution in [3.8, 4) is 0 Å². The Kier molecular flexibility index (Phi) is 6.55. The highest BCUT2D eigenvalue weighted by atomic mass is 79.9. The first kappa shape index (κ1) is 24.8. The van der Waals surface area contributed by atoms with Crippen molar-refractivity contribution in [2.75, 3.05) is 10.2 Å². The predicted octanol–water partition coefficient (Wildman–Crippen LogP) is 5.11. The average Bonchev–Trinajstić information content (AvgIpc) is 3.36. The van der Waals surface area contributed by atoms with Gasteiger partial charge in [-0.2, -0.15) is 0 Å². The fourth-order valence-electron chi connectivity index (χ4n) is 4.98. The minimum Gasteiger partial charge on any atom is -0.325 e. The number of para-hydroxylation sites is 2. The smallest absolute Gasteiger partial charge is 0.308 e. The Morgan fingerprint density at radius 1 is 0.868 bits per heavy atom. The molecule has 6 rings (SSSR count). The van der Waals surface area contributed by atoms with E-state index in [0.717, 1.165) is 21.4 Å². The van der Waals surface area contributed by atoms with Crippen LogP contribution in [-0.2, 0) is 20.9 Å². The van der Waals surface area contributed by atoms with Gasteiger partial charge in [0, 0.05) is 21.0 Å². The van der Waals surface area contributed by atoms with Crippen LogP contribution in [0.4, 0.5) is 11.4 Å². The van der Waals surface area contributed by atoms with Gasteiger partial charge in [-0.1, -0.05) is 87.6 Å². The van der Waals surface area contributed by atoms with Crippen molar-refractivity contribution in [1.82, 2.24) is 4.57 Å². The third kappa shape index (κ3) is 4.32. The first-order valence-electron chi connectivity index (χ1n) is 11.9. The van der Waals surface area contributed by atoms with Crippen LogP contribution in [0.25, 0.3) is 0 Å². The van der Waals surface area contributed by atoms with E-state index in [1.54, 1.807) is 36.4 Å². The zero-order chi connectivity index (χ0) is 26.4. The molecule has 0 bridgehead atoms. The van der Waals surface area contributed by atoms with Crippen LogP contribution < -0.4 is 15.1 Å². The summed E-state index contributed by atoms with van der Waals surface area (Å²) in [6.45, 7) is -0.193. The van der Waals surface area contributed by atoms with E-state index in [0.29, 0.717) is 21.3 Å². The highest BCUT2D eigenvalue weighted by molar-refractivity contribution is 9.10. The van der Waals surface area contributed by atoms with Crippen LogP contribution in [0, 0.1) is 5.92 Å². The molecule has 38 heavy (non-hydrogen) atoms. The molecule has 3 atom stereocenters. The summed E-state index contributed by atoms with van der Waals surface area (Å²) in [5.41, 5.74) is 1.99. The molecule has 0 aliphatic carbocycles. The molecular weight excluding hydrogens is 586 g/mol. The second-order valence-electron chi connectivity index (χ2n) is 8.98. The van der Waals surface area contributed by atoms with Gasteiger partial charge in [0.05, 0.1) is 16.6 Å². The van der Waals surface area contributed by atoms with Crippen molar-refractivity contribution < 1.29 is 14.4 Å². The van der Waals surface area contributed by atoms with Gasteiger partial charge < -0.3 is 5.32 Å². The lowest BCUT2D eigenvalue weighted by molar-refractivity contribution is -0.122. The lowest BCUT2D eigenvalue weighted by Gasteiger charge is -2.30. The van der Waals surface area contributed by atoms with Gasteiger partial charge in [0.15, 0.2) is 0 Å². The lowest BCUT2D eigenvalue weighted by Crippen LogP contribution is -2.33. The second-order valence-corrected chi connectivity index (χ2v) is 12.0. The van der Waals surface area contributed by atoms with Crippen molar-refractivity contribution in [2.45, 2.75) is 22.7 Å². The van der Waals surface area contributed by atoms with Crippen LogP contribution >= 0.6 is 39.0 Å². The summed E-state index contributed by atoms with van der Waals surface area (Å²) in [5, 5.41) is 2.66. The van der Waals surface area contributed by atoms with Crippen LogP contribution in [0.15, 0.2) is 99.2 Å². The Morgan fingerprint density at radius 3 is 2.21 bits per heavy atom. The summed E-state index contributed by atoms with van der Waals surface area (Å²) in [6.07, 6.45) is 0. The monoisotopic (exact) mass is 605 g/mol. The standard InChI is InChI=1S/C28H20BrN3O4S2/c29-17-13-11-16(12-14-17)21-22-23(26(35)32(25(22)34)19-9-5-2-6-10-19)37-27-24(21)38-28(36)31(27)15-20(33)30-18-7-3-1-4-8-18/h1-14,21-23H,15H2,(H,30,33)/t21-,22-,23+/m0/s1. The number of carbonyl (C=O) groups is 3. The van der Waals surface area contributed by atoms with Gasteiger partial charge in [-0.05, 0) is 42.0 Å². The molecule has 4 aromatic rings. The van der Waals surface area contributed by atoms with E-state index >= 15 is 0 Å². The van der Waals surface area contributed by atoms with Crippen LogP contribution in [0.5, 0.6) is 0 Å². The zero-order valence-corrected chi connectivity index (χ0v) is 23.0. The van der Waals surface area contributed by atoms with Gasteiger partial charge in [-0.25, -0.2) is 4.90 Å². The number of anilines is 2. The van der Waals surface area contributed by atoms with E-state index in [1.807, 2.05) is 48.5 Å². The molecule has 0 radical (unpaired) electrons. The number of nitrogens with zero attached hydrogens (tertiary/aromatic N) is 2. The van der Waals surface area contributed by atoms with Gasteiger partial charge in [-0.15, -0.1) is 0 Å². The Hall–Kier alpha value is -3.47. The van der Waals surface area contributed by atoms with Crippen molar-refractivity contribution in [2.24, 2.45) is 5.92 Å². The summed E-state index contributed by atoms with van der Waals surface area (Å²) >= 11 is 5.70. The van der Waals surface area contributed by atoms with E-state index in [-0.39, 0.29) is 29.1 Å². The molecule has 3 heterocycles. The van der Waals surface area contributed by atoms with Crippen LogP contribution in [0.2, 0.25) is 0 Å². The SMILES string of the molecule is O=C(Cn1c2c(sc1=O)[C@@H](c1ccc(Br)cc1)[C@@H]1C(=O)N(c3ccccc3)C(=O)[C@@H]1S2)Nc1ccccc1. The highest BCUT2D eigenvalue weighted by Crippen LogP contribution is 2.53. The molecule has 3 amide bonds. The first-order chi connectivity index (χ1) is 18.4. The fraction of sp³-hybridized carbons (Fsp3) is 0.143. The topological polar surface area (TPSA) is 88.5 Å². The molecule has 0 saturated carbocycles. The number of amides is 3. The average molecular weight is 607 g/mol. The van der Waals surface area contributed by atoms with Crippen LogP contribution in [0.3, 0.4) is 0 Å². The summed E-state index contributed by atoms with van der Waals surface area (Å²) in [5.74, 6) is -2.12. The molecule has 3 aromatic carbocycles. The highest BCUT2D eigenvalue weighted by Gasteiger charge is 2.56. The molecule has 0 spiro atoms. The number of nitrogens with one attached hydrogen (secondary N) is 1. The Morgan fingerprint density at radius 2 is 1.53 bits per heavy atom. The number of imide groups is 1. The number of halogens is 1. The number of thioether (sulfide) groups is 1. The maximum Gasteiger partial charge on any atom is 0.308 e. The van der Waals surface area contributed by atoms with Gasteiger partial charge >= 0.3 is 4.87 Å². The van der Waals surface area contributed by atoms with Gasteiger partial charge in [-0.3, -0.25) is 23.7 Å². The summed E-state index contributed by atoms with van der Waals surface area (Å²) in [4.78, 5) is 55.2. The number of hydrogen-bond donors (Lipinski definition) is 1. The zero-order valence-electron chi connectivity index (χ0n) is 19.7. The summed E-state index contributed by atoms with van der Waals surface area (Å²) in [6, 6.07) is 25.5. The number of rotatable bonds is 5. The first-order valence-corrected chi connectivity index (χ1v) is 14.3. The van der Waals surface area contributed by atoms with Crippen LogP contribution in [0.1, 0.15) is 16.4 Å². The quantitative estimate of drug-likeness (QED) is 0.319. The molecule has 2 aliphatic heterocycles. The number of hydrogen-bond acceptors (Lipinski definition) is 6. The van der Waals surface area contributed by atoms with E-state index in [4.69, 9.17) is 0 Å². The second kappa shape index (κ2) is 10.0. The maximum absolute atomic E-state index is 13.8. The molecule has 190 valence electrons. The normalized spacial score (nSPS) is 20.2. The number of aromatic nitrogens is 1. The van der Waals surface area contributed by atoms with Crippen molar-refractivity contribution >= 4 is 68.1 Å². The molecule has 1 fully saturated rings. The summed E-state index contributed by atoms with van der Waals surface area (Å²) in [7, 11) is 0. The maximum atomic E-state index is 13.8. The minimum absolute atomic E-state index is 0.193. The third-order valence-electron chi connectivity index (χ3n) is 6.65. The number of benzene rings is 3. The fourth-order valence-corrected chi connectivity index (χ4v) is 8.02.